The van der Waals surface area contributed by atoms with Crippen LogP contribution in [0.5, 0.6) is 0 Å². The van der Waals surface area contributed by atoms with Crippen LogP contribution in [0.1, 0.15) is 5.56 Å². The summed E-state index contributed by atoms with van der Waals surface area (Å²) in [5.41, 5.74) is 0.166. The number of rotatable bonds is 4. The fourth-order valence-electron chi connectivity index (χ4n) is 2.03. The van der Waals surface area contributed by atoms with Crippen molar-refractivity contribution < 1.29 is 23.1 Å². The predicted molar refractivity (Wildman–Crippen MR) is 90.3 cm³/mol. The molecule has 0 aliphatic heterocycles. The van der Waals surface area contributed by atoms with Gasteiger partial charge in [0.1, 0.15) is 10.7 Å². The van der Waals surface area contributed by atoms with Crippen molar-refractivity contribution in [2.24, 2.45) is 0 Å². The maximum atomic E-state index is 12.7. The fourth-order valence-corrected chi connectivity index (χ4v) is 2.91. The third kappa shape index (κ3) is 4.70. The predicted octanol–water partition coefficient (Wildman–Crippen LogP) is 4.19. The Hall–Kier alpha value is -3.21. The standard InChI is InChI=1S/C16H10F3N5O2S/c17-16(18,19)10-1-3-11(4-2-10)27-13-12(20-5-6-21-13)9-7-22-14(23-8-9)24-15(25)26/h1-8H,(H,25,26)(H,22,23,24). The number of amides is 1. The van der Waals surface area contributed by atoms with E-state index in [1.165, 1.54) is 36.9 Å². The second-order valence-corrected chi connectivity index (χ2v) is 6.12. The highest BCUT2D eigenvalue weighted by Crippen LogP contribution is 2.35. The van der Waals surface area contributed by atoms with Crippen molar-refractivity contribution in [2.45, 2.75) is 16.1 Å². The van der Waals surface area contributed by atoms with Crippen LogP contribution in [0.15, 0.2) is 59.0 Å². The molecule has 0 aliphatic carbocycles. The molecule has 27 heavy (non-hydrogen) atoms. The number of alkyl halides is 3. The molecule has 3 rings (SSSR count). The second-order valence-electron chi connectivity index (χ2n) is 5.06. The van der Waals surface area contributed by atoms with Crippen molar-refractivity contribution in [3.63, 3.8) is 0 Å². The molecule has 138 valence electrons. The van der Waals surface area contributed by atoms with Gasteiger partial charge < -0.3 is 5.11 Å². The number of anilines is 1. The minimum absolute atomic E-state index is 0.0907. The van der Waals surface area contributed by atoms with Gasteiger partial charge in [-0.2, -0.15) is 13.2 Å². The molecule has 0 aliphatic rings. The number of carbonyl (C=O) groups is 1. The van der Waals surface area contributed by atoms with Gasteiger partial charge in [-0.3, -0.25) is 10.3 Å². The Morgan fingerprint density at radius 3 is 2.22 bits per heavy atom. The van der Waals surface area contributed by atoms with Gasteiger partial charge in [-0.15, -0.1) is 0 Å². The van der Waals surface area contributed by atoms with Gasteiger partial charge in [-0.1, -0.05) is 11.8 Å². The van der Waals surface area contributed by atoms with Crippen LogP contribution in [0.25, 0.3) is 11.3 Å². The van der Waals surface area contributed by atoms with Crippen molar-refractivity contribution in [3.05, 3.63) is 54.6 Å². The lowest BCUT2D eigenvalue weighted by Gasteiger charge is -2.09. The normalized spacial score (nSPS) is 11.2. The Kier molecular flexibility index (Phi) is 5.21. The molecule has 0 fully saturated rings. The van der Waals surface area contributed by atoms with E-state index in [9.17, 15) is 18.0 Å². The number of hydrogen-bond donors (Lipinski definition) is 2. The van der Waals surface area contributed by atoms with E-state index in [2.05, 4.69) is 19.9 Å². The van der Waals surface area contributed by atoms with Crippen LogP contribution in [0.4, 0.5) is 23.9 Å². The molecule has 2 heterocycles. The van der Waals surface area contributed by atoms with Crippen molar-refractivity contribution in [2.75, 3.05) is 5.32 Å². The van der Waals surface area contributed by atoms with Gasteiger partial charge in [-0.05, 0) is 24.3 Å². The van der Waals surface area contributed by atoms with Gasteiger partial charge in [0.05, 0.1) is 5.56 Å². The molecule has 0 saturated carbocycles. The summed E-state index contributed by atoms with van der Waals surface area (Å²) >= 11 is 1.14. The summed E-state index contributed by atoms with van der Waals surface area (Å²) < 4.78 is 38.0. The van der Waals surface area contributed by atoms with Crippen molar-refractivity contribution in [1.82, 2.24) is 19.9 Å². The number of benzene rings is 1. The van der Waals surface area contributed by atoms with Crippen LogP contribution in [0, 0.1) is 0 Å². The number of nitrogens with one attached hydrogen (secondary N) is 1. The summed E-state index contributed by atoms with van der Waals surface area (Å²) in [5, 5.41) is 11.1. The van der Waals surface area contributed by atoms with E-state index >= 15 is 0 Å². The van der Waals surface area contributed by atoms with Gasteiger partial charge in [-0.25, -0.2) is 19.7 Å². The lowest BCUT2D eigenvalue weighted by molar-refractivity contribution is -0.137. The van der Waals surface area contributed by atoms with Gasteiger partial charge in [0.25, 0.3) is 0 Å². The highest BCUT2D eigenvalue weighted by Gasteiger charge is 2.30. The molecule has 11 heteroatoms. The Balaban J connectivity index is 1.85. The molecular formula is C16H10F3N5O2S. The second kappa shape index (κ2) is 7.58. The maximum Gasteiger partial charge on any atom is 0.416 e. The number of halogens is 3. The van der Waals surface area contributed by atoms with Crippen LogP contribution < -0.4 is 5.32 Å². The molecule has 0 spiro atoms. The first-order valence-corrected chi connectivity index (χ1v) is 8.13. The zero-order valence-electron chi connectivity index (χ0n) is 13.3. The van der Waals surface area contributed by atoms with Gasteiger partial charge >= 0.3 is 12.3 Å². The van der Waals surface area contributed by atoms with Crippen molar-refractivity contribution in [3.8, 4) is 11.3 Å². The molecule has 0 atom stereocenters. The number of carboxylic acid groups (broad SMARTS) is 1. The SMILES string of the molecule is O=C(O)Nc1ncc(-c2nccnc2Sc2ccc(C(F)(F)F)cc2)cn1. The maximum absolute atomic E-state index is 12.7. The Labute approximate surface area is 154 Å². The molecule has 0 unspecified atom stereocenters. The largest absolute Gasteiger partial charge is 0.465 e. The lowest BCUT2D eigenvalue weighted by Crippen LogP contribution is -2.10. The van der Waals surface area contributed by atoms with Crippen LogP contribution in [-0.2, 0) is 6.18 Å². The van der Waals surface area contributed by atoms with E-state index in [4.69, 9.17) is 5.11 Å². The molecule has 7 nitrogen and oxygen atoms in total. The number of aromatic nitrogens is 4. The smallest absolute Gasteiger partial charge is 0.416 e. The molecule has 2 aromatic heterocycles. The Morgan fingerprint density at radius 1 is 1.00 bits per heavy atom. The van der Waals surface area contributed by atoms with Gasteiger partial charge in [0.2, 0.25) is 5.95 Å². The van der Waals surface area contributed by atoms with Gasteiger partial charge in [0, 0.05) is 35.2 Å². The molecular weight excluding hydrogens is 383 g/mol. The van der Waals surface area contributed by atoms with Crippen molar-refractivity contribution >= 4 is 23.8 Å². The van der Waals surface area contributed by atoms with E-state index in [-0.39, 0.29) is 5.95 Å². The molecule has 3 aromatic rings. The van der Waals surface area contributed by atoms with Gasteiger partial charge in [0.15, 0.2) is 0 Å². The zero-order valence-corrected chi connectivity index (χ0v) is 14.1. The summed E-state index contributed by atoms with van der Waals surface area (Å²) in [4.78, 5) is 27.3. The first-order valence-electron chi connectivity index (χ1n) is 7.31. The molecule has 0 radical (unpaired) electrons. The quantitative estimate of drug-likeness (QED) is 0.685. The summed E-state index contributed by atoms with van der Waals surface area (Å²) in [5.74, 6) is -0.0907. The van der Waals surface area contributed by atoms with Crippen LogP contribution in [0.2, 0.25) is 0 Å². The van der Waals surface area contributed by atoms with E-state index in [1.807, 2.05) is 5.32 Å². The van der Waals surface area contributed by atoms with Crippen LogP contribution in [0.3, 0.4) is 0 Å². The topological polar surface area (TPSA) is 101 Å². The first kappa shape index (κ1) is 18.6. The minimum atomic E-state index is -4.40. The minimum Gasteiger partial charge on any atom is -0.465 e. The van der Waals surface area contributed by atoms with E-state index in [0.29, 0.717) is 21.2 Å². The highest BCUT2D eigenvalue weighted by atomic mass is 32.2. The molecule has 0 bridgehead atoms. The van der Waals surface area contributed by atoms with E-state index in [1.54, 1.807) is 0 Å². The summed E-state index contributed by atoms with van der Waals surface area (Å²) in [6.07, 6.45) is -0.0321. The van der Waals surface area contributed by atoms with Crippen LogP contribution in [-0.4, -0.2) is 31.1 Å². The molecule has 1 amide bonds. The molecule has 1 aromatic carbocycles. The summed E-state index contributed by atoms with van der Waals surface area (Å²) in [6, 6.07) is 4.69. The zero-order chi connectivity index (χ0) is 19.4. The molecule has 0 saturated heterocycles. The molecule has 2 N–H and O–H groups in total. The Morgan fingerprint density at radius 2 is 1.63 bits per heavy atom. The Bertz CT molecular complexity index is 950. The number of nitrogens with zero attached hydrogens (tertiary/aromatic N) is 4. The third-order valence-corrected chi connectivity index (χ3v) is 4.20. The van der Waals surface area contributed by atoms with E-state index < -0.39 is 17.8 Å². The first-order chi connectivity index (χ1) is 12.8. The third-order valence-electron chi connectivity index (χ3n) is 3.20. The summed E-state index contributed by atoms with van der Waals surface area (Å²) in [6.45, 7) is 0. The lowest BCUT2D eigenvalue weighted by atomic mass is 10.2. The van der Waals surface area contributed by atoms with Crippen molar-refractivity contribution in [1.29, 1.82) is 0 Å². The fraction of sp³-hybridized carbons (Fsp3) is 0.0625. The average molecular weight is 393 g/mol. The average Bonchev–Trinajstić information content (AvgIpc) is 2.62. The highest BCUT2D eigenvalue weighted by molar-refractivity contribution is 7.99. The van der Waals surface area contributed by atoms with Crippen LogP contribution >= 0.6 is 11.8 Å². The summed E-state index contributed by atoms with van der Waals surface area (Å²) in [7, 11) is 0. The van der Waals surface area contributed by atoms with E-state index in [0.717, 1.165) is 23.9 Å². The number of hydrogen-bond acceptors (Lipinski definition) is 6. The monoisotopic (exact) mass is 393 g/mol.